The van der Waals surface area contributed by atoms with Crippen LogP contribution < -0.4 is 10.2 Å². The first-order valence-corrected chi connectivity index (χ1v) is 12.3. The van der Waals surface area contributed by atoms with Gasteiger partial charge in [-0.25, -0.2) is 0 Å². The highest BCUT2D eigenvalue weighted by molar-refractivity contribution is 5.95. The lowest BCUT2D eigenvalue weighted by Crippen LogP contribution is -2.29. The van der Waals surface area contributed by atoms with Crippen LogP contribution in [0.3, 0.4) is 0 Å². The Morgan fingerprint density at radius 1 is 1.00 bits per heavy atom. The third-order valence-electron chi connectivity index (χ3n) is 5.92. The Labute approximate surface area is 196 Å². The zero-order valence-electron chi connectivity index (χ0n) is 21.1. The number of benzene rings is 2. The number of nitrogens with one attached hydrogen (secondary N) is 1. The lowest BCUT2D eigenvalue weighted by molar-refractivity contribution is 0.578. The highest BCUT2D eigenvalue weighted by atomic mass is 15.1. The van der Waals surface area contributed by atoms with Gasteiger partial charge in [0.2, 0.25) is 0 Å². The monoisotopic (exact) mass is 433 g/mol. The molecule has 3 heteroatoms. The number of allylic oxidation sites excluding steroid dienone is 1. The molecule has 0 unspecified atom stereocenters. The van der Waals surface area contributed by atoms with Gasteiger partial charge in [-0.3, -0.25) is 0 Å². The van der Waals surface area contributed by atoms with Crippen molar-refractivity contribution in [2.75, 3.05) is 31.6 Å². The van der Waals surface area contributed by atoms with Crippen molar-refractivity contribution in [3.8, 4) is 0 Å². The minimum atomic E-state index is 0.922. The van der Waals surface area contributed by atoms with E-state index in [2.05, 4.69) is 78.3 Å². The van der Waals surface area contributed by atoms with Crippen LogP contribution in [0.2, 0.25) is 0 Å². The Bertz CT molecular complexity index is 947. The van der Waals surface area contributed by atoms with Gasteiger partial charge in [-0.15, -0.1) is 0 Å². The van der Waals surface area contributed by atoms with E-state index in [1.54, 1.807) is 0 Å². The summed E-state index contributed by atoms with van der Waals surface area (Å²) in [4.78, 5) is 2.53. The normalized spacial score (nSPS) is 13.8. The average Bonchev–Trinajstić information content (AvgIpc) is 3.18. The molecule has 0 spiro atoms. The third kappa shape index (κ3) is 7.00. The lowest BCUT2D eigenvalue weighted by Gasteiger charge is -2.28. The first kappa shape index (κ1) is 25.7. The van der Waals surface area contributed by atoms with Gasteiger partial charge in [0.05, 0.1) is 5.52 Å². The van der Waals surface area contributed by atoms with Crippen molar-refractivity contribution in [3.05, 3.63) is 71.9 Å². The summed E-state index contributed by atoms with van der Waals surface area (Å²) in [5.41, 5.74) is 6.85. The number of rotatable bonds is 5. The minimum Gasteiger partial charge on any atom is -0.371 e. The van der Waals surface area contributed by atoms with Gasteiger partial charge in [-0.2, -0.15) is 0 Å². The summed E-state index contributed by atoms with van der Waals surface area (Å²) in [5, 5.41) is 4.59. The second-order valence-electron chi connectivity index (χ2n) is 8.20. The maximum atomic E-state index is 3.22. The number of aryl methyl sites for hydroxylation is 2. The van der Waals surface area contributed by atoms with Crippen LogP contribution in [0.4, 0.5) is 5.69 Å². The highest BCUT2D eigenvalue weighted by Crippen LogP contribution is 2.32. The summed E-state index contributed by atoms with van der Waals surface area (Å²) in [6, 6.07) is 17.3. The predicted molar refractivity (Wildman–Crippen MR) is 144 cm³/mol. The molecular weight excluding hydrogens is 390 g/mol. The zero-order valence-corrected chi connectivity index (χ0v) is 21.1. The van der Waals surface area contributed by atoms with Gasteiger partial charge in [-0.05, 0) is 57.4 Å². The summed E-state index contributed by atoms with van der Waals surface area (Å²) < 4.78 is 2.28. The number of anilines is 1. The van der Waals surface area contributed by atoms with Gasteiger partial charge < -0.3 is 14.8 Å². The van der Waals surface area contributed by atoms with Gasteiger partial charge in [0, 0.05) is 49.5 Å². The standard InChI is InChI=1S/C20H29N3.C7H8.C2H6/c1-4-16(10-11-21-2)19-15-22(3)20-14-17(8-9-18(19)20)23-12-6-5-7-13-23;1-7-5-3-2-4-6-7;1-2/h8-10,14-15,21H,4-7,11-13H2,1-3H3;2-6H,1H3;1-2H3/b16-10+;;. The molecule has 174 valence electrons. The van der Waals surface area contributed by atoms with E-state index in [0.717, 1.165) is 13.0 Å². The van der Waals surface area contributed by atoms with Crippen molar-refractivity contribution >= 4 is 22.2 Å². The number of fused-ring (bicyclic) bond motifs is 1. The van der Waals surface area contributed by atoms with Gasteiger partial charge in [0.1, 0.15) is 0 Å². The van der Waals surface area contributed by atoms with Crippen LogP contribution in [0.15, 0.2) is 60.8 Å². The Morgan fingerprint density at radius 3 is 2.25 bits per heavy atom. The first-order valence-electron chi connectivity index (χ1n) is 12.3. The van der Waals surface area contributed by atoms with Crippen LogP contribution in [-0.4, -0.2) is 31.2 Å². The molecule has 1 fully saturated rings. The Morgan fingerprint density at radius 2 is 1.69 bits per heavy atom. The minimum absolute atomic E-state index is 0.922. The average molecular weight is 434 g/mol. The second-order valence-corrected chi connectivity index (χ2v) is 8.20. The van der Waals surface area contributed by atoms with Crippen molar-refractivity contribution in [1.29, 1.82) is 0 Å². The van der Waals surface area contributed by atoms with Gasteiger partial charge in [0.25, 0.3) is 0 Å². The molecular formula is C29H43N3. The molecule has 1 N–H and O–H groups in total. The second kappa shape index (κ2) is 13.8. The molecule has 0 atom stereocenters. The molecule has 0 amide bonds. The summed E-state index contributed by atoms with van der Waals surface area (Å²) in [5.74, 6) is 0. The van der Waals surface area contributed by atoms with Crippen molar-refractivity contribution in [1.82, 2.24) is 9.88 Å². The van der Waals surface area contributed by atoms with E-state index in [-0.39, 0.29) is 0 Å². The van der Waals surface area contributed by atoms with Crippen LogP contribution in [-0.2, 0) is 7.05 Å². The number of piperidine rings is 1. The van der Waals surface area contributed by atoms with Crippen LogP contribution in [0, 0.1) is 6.92 Å². The molecule has 0 radical (unpaired) electrons. The molecule has 32 heavy (non-hydrogen) atoms. The molecule has 1 saturated heterocycles. The van der Waals surface area contributed by atoms with Crippen molar-refractivity contribution in [3.63, 3.8) is 0 Å². The Hall–Kier alpha value is -2.52. The maximum absolute atomic E-state index is 3.22. The maximum Gasteiger partial charge on any atom is 0.0504 e. The van der Waals surface area contributed by atoms with Crippen LogP contribution in [0.25, 0.3) is 16.5 Å². The van der Waals surface area contributed by atoms with E-state index >= 15 is 0 Å². The topological polar surface area (TPSA) is 20.2 Å². The zero-order chi connectivity index (χ0) is 23.3. The van der Waals surface area contributed by atoms with Crippen molar-refractivity contribution in [2.24, 2.45) is 7.05 Å². The smallest absolute Gasteiger partial charge is 0.0504 e. The number of hydrogen-bond acceptors (Lipinski definition) is 2. The number of nitrogens with zero attached hydrogens (tertiary/aromatic N) is 2. The van der Waals surface area contributed by atoms with Crippen molar-refractivity contribution < 1.29 is 0 Å². The molecule has 2 heterocycles. The number of likely N-dealkylation sites (N-methyl/N-ethyl adjacent to an activating group) is 1. The number of hydrogen-bond donors (Lipinski definition) is 1. The fraction of sp³-hybridized carbons (Fsp3) is 0.448. The largest absolute Gasteiger partial charge is 0.371 e. The van der Waals surface area contributed by atoms with Gasteiger partial charge in [0.15, 0.2) is 0 Å². The Balaban J connectivity index is 0.000000340. The fourth-order valence-electron chi connectivity index (χ4n) is 4.18. The predicted octanol–water partition coefficient (Wildman–Crippen LogP) is 7.20. The van der Waals surface area contributed by atoms with Gasteiger partial charge >= 0.3 is 0 Å². The Kier molecular flexibility index (Phi) is 11.1. The van der Waals surface area contributed by atoms with E-state index < -0.39 is 0 Å². The summed E-state index contributed by atoms with van der Waals surface area (Å²) in [6.45, 7) is 11.6. The number of aromatic nitrogens is 1. The third-order valence-corrected chi connectivity index (χ3v) is 5.92. The molecule has 4 rings (SSSR count). The van der Waals surface area contributed by atoms with E-state index in [1.807, 2.05) is 39.1 Å². The molecule has 1 aromatic heterocycles. The molecule has 0 saturated carbocycles. The van der Waals surface area contributed by atoms with Crippen LogP contribution in [0.1, 0.15) is 57.6 Å². The molecule has 3 nitrogen and oxygen atoms in total. The fourth-order valence-corrected chi connectivity index (χ4v) is 4.18. The molecule has 3 aromatic rings. The first-order chi connectivity index (χ1) is 15.6. The summed E-state index contributed by atoms with van der Waals surface area (Å²) >= 11 is 0. The summed E-state index contributed by atoms with van der Waals surface area (Å²) in [6.07, 6.45) is 9.69. The highest BCUT2D eigenvalue weighted by Gasteiger charge is 2.14. The van der Waals surface area contributed by atoms with E-state index in [1.165, 1.54) is 65.6 Å². The van der Waals surface area contributed by atoms with E-state index in [9.17, 15) is 0 Å². The molecule has 2 aromatic carbocycles. The molecule has 1 aliphatic rings. The molecule has 1 aliphatic heterocycles. The van der Waals surface area contributed by atoms with Gasteiger partial charge in [-0.1, -0.05) is 68.8 Å². The van der Waals surface area contributed by atoms with E-state index in [4.69, 9.17) is 0 Å². The van der Waals surface area contributed by atoms with Crippen molar-refractivity contribution in [2.45, 2.75) is 53.4 Å². The summed E-state index contributed by atoms with van der Waals surface area (Å²) in [7, 11) is 4.16. The quantitative estimate of drug-likeness (QED) is 0.459. The van der Waals surface area contributed by atoms with Crippen LogP contribution >= 0.6 is 0 Å². The molecule has 0 aliphatic carbocycles. The van der Waals surface area contributed by atoms with E-state index in [0.29, 0.717) is 0 Å². The molecule has 0 bridgehead atoms. The SMILES string of the molecule is CC.CC/C(=C\CNC)c1cn(C)c2cc(N3CCCCC3)ccc12.Cc1ccccc1. The lowest BCUT2D eigenvalue weighted by atomic mass is 10.0. The van der Waals surface area contributed by atoms with Crippen LogP contribution in [0.5, 0.6) is 0 Å².